The van der Waals surface area contributed by atoms with E-state index >= 15 is 0 Å². The first-order valence-corrected chi connectivity index (χ1v) is 5.16. The number of hydrogen-bond acceptors (Lipinski definition) is 4. The van der Waals surface area contributed by atoms with E-state index < -0.39 is 0 Å². The molecule has 3 nitrogen and oxygen atoms in total. The maximum absolute atomic E-state index is 8.87. The van der Waals surface area contributed by atoms with Crippen molar-refractivity contribution in [3.63, 3.8) is 0 Å². The van der Waals surface area contributed by atoms with Crippen LogP contribution in [0.25, 0.3) is 10.6 Å². The molecule has 0 saturated heterocycles. The van der Waals surface area contributed by atoms with Crippen LogP contribution in [-0.4, -0.2) is 12.1 Å². The van der Waals surface area contributed by atoms with E-state index in [0.29, 0.717) is 10.6 Å². The van der Waals surface area contributed by atoms with Crippen molar-refractivity contribution < 1.29 is 4.74 Å². The number of ether oxygens (including phenoxy) is 1. The number of nitrogens with zero attached hydrogens (tertiary/aromatic N) is 2. The highest BCUT2D eigenvalue weighted by Gasteiger charge is 2.10. The fourth-order valence-corrected chi connectivity index (χ4v) is 2.14. The van der Waals surface area contributed by atoms with E-state index in [1.807, 2.05) is 24.3 Å². The van der Waals surface area contributed by atoms with Crippen LogP contribution in [0.5, 0.6) is 5.75 Å². The molecule has 0 radical (unpaired) electrons. The minimum Gasteiger partial charge on any atom is -0.494 e. The zero-order valence-electron chi connectivity index (χ0n) is 8.10. The summed E-state index contributed by atoms with van der Waals surface area (Å²) >= 11 is 1.39. The molecule has 0 amide bonds. The average molecular weight is 216 g/mol. The lowest BCUT2D eigenvalue weighted by atomic mass is 10.3. The van der Waals surface area contributed by atoms with Crippen molar-refractivity contribution in [2.24, 2.45) is 0 Å². The van der Waals surface area contributed by atoms with Gasteiger partial charge in [0.1, 0.15) is 16.7 Å². The Morgan fingerprint density at radius 1 is 1.47 bits per heavy atom. The first kappa shape index (κ1) is 9.69. The number of pyridine rings is 1. The Bertz CT molecular complexity index is 499. The molecule has 0 aliphatic carbocycles. The van der Waals surface area contributed by atoms with Crippen molar-refractivity contribution >= 4 is 11.3 Å². The lowest BCUT2D eigenvalue weighted by Crippen LogP contribution is -1.80. The zero-order valence-corrected chi connectivity index (χ0v) is 8.91. The van der Waals surface area contributed by atoms with Crippen LogP contribution in [-0.2, 0) is 0 Å². The Morgan fingerprint density at radius 3 is 2.87 bits per heavy atom. The Labute approximate surface area is 91.6 Å². The molecular weight excluding hydrogens is 208 g/mol. The van der Waals surface area contributed by atoms with Gasteiger partial charge in [-0.1, -0.05) is 6.07 Å². The fourth-order valence-electron chi connectivity index (χ4n) is 1.24. The third kappa shape index (κ3) is 1.83. The van der Waals surface area contributed by atoms with Crippen LogP contribution in [0.2, 0.25) is 0 Å². The highest BCUT2D eigenvalue weighted by atomic mass is 32.1. The number of nitriles is 1. The number of thiophene rings is 1. The summed E-state index contributed by atoms with van der Waals surface area (Å²) in [6.45, 7) is 0. The Hall–Kier alpha value is -1.86. The van der Waals surface area contributed by atoms with Crippen molar-refractivity contribution in [2.75, 3.05) is 7.11 Å². The number of aromatic nitrogens is 1. The molecule has 15 heavy (non-hydrogen) atoms. The topological polar surface area (TPSA) is 45.9 Å². The molecule has 0 N–H and O–H groups in total. The maximum atomic E-state index is 8.87. The lowest BCUT2D eigenvalue weighted by Gasteiger charge is -1.93. The van der Waals surface area contributed by atoms with Crippen molar-refractivity contribution in [1.29, 1.82) is 5.26 Å². The first-order valence-electron chi connectivity index (χ1n) is 4.34. The Balaban J connectivity index is 2.48. The molecule has 0 aromatic carbocycles. The molecule has 0 atom stereocenters. The summed E-state index contributed by atoms with van der Waals surface area (Å²) in [4.78, 5) is 5.75. The molecule has 2 heterocycles. The van der Waals surface area contributed by atoms with Gasteiger partial charge in [-0.15, -0.1) is 11.3 Å². The summed E-state index contributed by atoms with van der Waals surface area (Å²) in [5.74, 6) is 0.614. The smallest absolute Gasteiger partial charge is 0.148 e. The van der Waals surface area contributed by atoms with Crippen LogP contribution < -0.4 is 4.74 Å². The minimum absolute atomic E-state index is 0.582. The largest absolute Gasteiger partial charge is 0.494 e. The Kier molecular flexibility index (Phi) is 2.66. The predicted molar refractivity (Wildman–Crippen MR) is 58.8 cm³/mol. The van der Waals surface area contributed by atoms with E-state index in [-0.39, 0.29) is 0 Å². The quantitative estimate of drug-likeness (QED) is 0.775. The number of rotatable bonds is 2. The molecule has 0 spiro atoms. The van der Waals surface area contributed by atoms with Crippen molar-refractivity contribution in [1.82, 2.24) is 4.98 Å². The zero-order chi connectivity index (χ0) is 10.7. The normalized spacial score (nSPS) is 9.60. The molecule has 0 fully saturated rings. The van der Waals surface area contributed by atoms with Gasteiger partial charge in [-0.3, -0.25) is 4.98 Å². The molecule has 2 rings (SSSR count). The van der Waals surface area contributed by atoms with E-state index in [0.717, 1.165) is 10.6 Å². The third-order valence-electron chi connectivity index (χ3n) is 1.94. The predicted octanol–water partition coefficient (Wildman–Crippen LogP) is 2.69. The monoisotopic (exact) mass is 216 g/mol. The van der Waals surface area contributed by atoms with E-state index in [1.54, 1.807) is 13.3 Å². The second-order valence-electron chi connectivity index (χ2n) is 2.83. The second-order valence-corrected chi connectivity index (χ2v) is 3.89. The van der Waals surface area contributed by atoms with Crippen molar-refractivity contribution in [3.05, 3.63) is 35.3 Å². The second kappa shape index (κ2) is 4.11. The van der Waals surface area contributed by atoms with E-state index in [2.05, 4.69) is 11.1 Å². The van der Waals surface area contributed by atoms with Gasteiger partial charge in [-0.05, 0) is 12.1 Å². The van der Waals surface area contributed by atoms with Crippen LogP contribution in [0.1, 0.15) is 4.88 Å². The van der Waals surface area contributed by atoms with Gasteiger partial charge in [0.25, 0.3) is 0 Å². The fraction of sp³-hybridized carbons (Fsp3) is 0.0909. The molecule has 0 saturated carbocycles. The van der Waals surface area contributed by atoms with Gasteiger partial charge >= 0.3 is 0 Å². The van der Waals surface area contributed by atoms with Crippen LogP contribution >= 0.6 is 11.3 Å². The van der Waals surface area contributed by atoms with E-state index in [4.69, 9.17) is 10.00 Å². The summed E-state index contributed by atoms with van der Waals surface area (Å²) in [6, 6.07) is 9.63. The molecule has 2 aromatic heterocycles. The molecular formula is C11H8N2OS. The van der Waals surface area contributed by atoms with Gasteiger partial charge < -0.3 is 4.74 Å². The van der Waals surface area contributed by atoms with Crippen molar-refractivity contribution in [2.45, 2.75) is 0 Å². The lowest BCUT2D eigenvalue weighted by molar-refractivity contribution is 0.415. The summed E-state index contributed by atoms with van der Waals surface area (Å²) in [7, 11) is 1.56. The SMILES string of the molecule is COc1cc(-c2ccccn2)sc1C#N. The summed E-state index contributed by atoms with van der Waals surface area (Å²) in [6.07, 6.45) is 1.73. The van der Waals surface area contributed by atoms with Crippen LogP contribution in [0, 0.1) is 11.3 Å². The van der Waals surface area contributed by atoms with Gasteiger partial charge in [0.2, 0.25) is 0 Å². The third-order valence-corrected chi connectivity index (χ3v) is 2.98. The summed E-state index contributed by atoms with van der Waals surface area (Å²) in [5, 5.41) is 8.87. The molecule has 4 heteroatoms. The Morgan fingerprint density at radius 2 is 2.33 bits per heavy atom. The molecule has 0 aliphatic heterocycles. The molecule has 74 valence electrons. The van der Waals surface area contributed by atoms with E-state index in [9.17, 15) is 0 Å². The minimum atomic E-state index is 0.582. The average Bonchev–Trinajstić information content (AvgIpc) is 2.73. The maximum Gasteiger partial charge on any atom is 0.148 e. The molecule has 2 aromatic rings. The van der Waals surface area contributed by atoms with Crippen LogP contribution in [0.15, 0.2) is 30.5 Å². The molecule has 0 bridgehead atoms. The molecule has 0 aliphatic rings. The number of methoxy groups -OCH3 is 1. The molecule has 0 unspecified atom stereocenters. The summed E-state index contributed by atoms with van der Waals surface area (Å²) < 4.78 is 5.10. The van der Waals surface area contributed by atoms with Gasteiger partial charge in [0.05, 0.1) is 17.7 Å². The highest BCUT2D eigenvalue weighted by molar-refractivity contribution is 7.16. The van der Waals surface area contributed by atoms with Gasteiger partial charge in [-0.2, -0.15) is 5.26 Å². The standard InChI is InChI=1S/C11H8N2OS/c1-14-9-6-10(15-11(9)7-12)8-4-2-3-5-13-8/h2-6H,1H3. The van der Waals surface area contributed by atoms with Gasteiger partial charge in [-0.25, -0.2) is 0 Å². The van der Waals surface area contributed by atoms with Crippen LogP contribution in [0.3, 0.4) is 0 Å². The van der Waals surface area contributed by atoms with Gasteiger partial charge in [0.15, 0.2) is 0 Å². The first-order chi connectivity index (χ1) is 7.35. The van der Waals surface area contributed by atoms with Gasteiger partial charge in [0, 0.05) is 12.3 Å². The van der Waals surface area contributed by atoms with Crippen LogP contribution in [0.4, 0.5) is 0 Å². The highest BCUT2D eigenvalue weighted by Crippen LogP contribution is 2.34. The summed E-state index contributed by atoms with van der Waals surface area (Å²) in [5.41, 5.74) is 0.863. The van der Waals surface area contributed by atoms with Crippen molar-refractivity contribution in [3.8, 4) is 22.4 Å². The van der Waals surface area contributed by atoms with E-state index in [1.165, 1.54) is 11.3 Å². The number of hydrogen-bond donors (Lipinski definition) is 0.